The lowest BCUT2D eigenvalue weighted by Crippen LogP contribution is -2.28. The zero-order valence-electron chi connectivity index (χ0n) is 13.6. The third-order valence-corrected chi connectivity index (χ3v) is 3.63. The molecule has 23 heavy (non-hydrogen) atoms. The molecule has 0 saturated heterocycles. The topological polar surface area (TPSA) is 83.3 Å². The first kappa shape index (κ1) is 17.3. The molecule has 0 atom stereocenters. The average molecular weight is 382 g/mol. The number of benzene rings is 1. The summed E-state index contributed by atoms with van der Waals surface area (Å²) in [4.78, 5) is 17.9. The van der Waals surface area contributed by atoms with Gasteiger partial charge in [-0.3, -0.25) is 0 Å². The van der Waals surface area contributed by atoms with Gasteiger partial charge < -0.3 is 20.1 Å². The van der Waals surface area contributed by atoms with Crippen LogP contribution in [-0.2, 0) is 6.54 Å². The Kier molecular flexibility index (Phi) is 5.59. The first-order chi connectivity index (χ1) is 10.9. The number of anilines is 2. The highest BCUT2D eigenvalue weighted by molar-refractivity contribution is 9.10. The summed E-state index contributed by atoms with van der Waals surface area (Å²) in [5.74, 6) is 1.11. The summed E-state index contributed by atoms with van der Waals surface area (Å²) in [6, 6.07) is 5.44. The summed E-state index contributed by atoms with van der Waals surface area (Å²) in [5, 5.41) is 9.34. The van der Waals surface area contributed by atoms with E-state index >= 15 is 0 Å². The van der Waals surface area contributed by atoms with Crippen LogP contribution >= 0.6 is 15.9 Å². The molecule has 1 aromatic carbocycles. The number of urea groups is 1. The molecular weight excluding hydrogens is 362 g/mol. The molecule has 0 radical (unpaired) electrons. The third-order valence-electron chi connectivity index (χ3n) is 3.14. The Morgan fingerprint density at radius 2 is 2.13 bits per heavy atom. The SMILES string of the molecule is CC(C)c1cc(Br)ccc1NC(=O)NCc1nc(N(C)C)no1. The van der Waals surface area contributed by atoms with Gasteiger partial charge in [0.25, 0.3) is 5.95 Å². The molecule has 0 fully saturated rings. The van der Waals surface area contributed by atoms with Crippen molar-refractivity contribution in [1.82, 2.24) is 15.5 Å². The van der Waals surface area contributed by atoms with E-state index in [2.05, 4.69) is 50.6 Å². The normalized spacial score (nSPS) is 10.7. The van der Waals surface area contributed by atoms with Crippen molar-refractivity contribution in [3.8, 4) is 0 Å². The molecule has 7 nitrogen and oxygen atoms in total. The number of nitrogens with zero attached hydrogens (tertiary/aromatic N) is 3. The molecule has 1 heterocycles. The van der Waals surface area contributed by atoms with E-state index in [1.807, 2.05) is 32.3 Å². The van der Waals surface area contributed by atoms with Gasteiger partial charge in [-0.25, -0.2) is 4.79 Å². The van der Waals surface area contributed by atoms with E-state index < -0.39 is 0 Å². The van der Waals surface area contributed by atoms with Crippen LogP contribution < -0.4 is 15.5 Å². The van der Waals surface area contributed by atoms with Gasteiger partial charge in [0.15, 0.2) is 0 Å². The summed E-state index contributed by atoms with van der Waals surface area (Å²) in [6.45, 7) is 4.32. The van der Waals surface area contributed by atoms with Gasteiger partial charge in [-0.15, -0.1) is 0 Å². The number of amides is 2. The van der Waals surface area contributed by atoms with Crippen LogP contribution in [0, 0.1) is 0 Å². The Balaban J connectivity index is 1.97. The number of carbonyl (C=O) groups excluding carboxylic acids is 1. The highest BCUT2D eigenvalue weighted by atomic mass is 79.9. The van der Waals surface area contributed by atoms with Crippen molar-refractivity contribution >= 4 is 33.6 Å². The van der Waals surface area contributed by atoms with Crippen LogP contribution in [0.4, 0.5) is 16.4 Å². The first-order valence-electron chi connectivity index (χ1n) is 7.21. The van der Waals surface area contributed by atoms with Crippen molar-refractivity contribution < 1.29 is 9.32 Å². The monoisotopic (exact) mass is 381 g/mol. The molecule has 0 spiro atoms. The van der Waals surface area contributed by atoms with Gasteiger partial charge in [0.1, 0.15) is 0 Å². The van der Waals surface area contributed by atoms with Crippen LogP contribution in [0.2, 0.25) is 0 Å². The molecule has 0 saturated carbocycles. The number of nitrogens with one attached hydrogen (secondary N) is 2. The molecule has 2 N–H and O–H groups in total. The quantitative estimate of drug-likeness (QED) is 0.829. The molecule has 0 aliphatic heterocycles. The predicted molar refractivity (Wildman–Crippen MR) is 92.7 cm³/mol. The summed E-state index contributed by atoms with van der Waals surface area (Å²) >= 11 is 3.45. The fourth-order valence-corrected chi connectivity index (χ4v) is 2.33. The van der Waals surface area contributed by atoms with Gasteiger partial charge >= 0.3 is 6.03 Å². The van der Waals surface area contributed by atoms with Gasteiger partial charge in [0, 0.05) is 24.3 Å². The Morgan fingerprint density at radius 3 is 2.74 bits per heavy atom. The lowest BCUT2D eigenvalue weighted by Gasteiger charge is -2.14. The van der Waals surface area contributed by atoms with Crippen molar-refractivity contribution in [2.45, 2.75) is 26.3 Å². The zero-order valence-corrected chi connectivity index (χ0v) is 15.1. The fourth-order valence-electron chi connectivity index (χ4n) is 1.95. The first-order valence-corrected chi connectivity index (χ1v) is 8.00. The second kappa shape index (κ2) is 7.45. The molecular formula is C15H20BrN5O2. The maximum absolute atomic E-state index is 12.1. The number of rotatable bonds is 5. The maximum Gasteiger partial charge on any atom is 0.319 e. The van der Waals surface area contributed by atoms with E-state index in [1.165, 1.54) is 0 Å². The van der Waals surface area contributed by atoms with Crippen molar-refractivity contribution in [3.63, 3.8) is 0 Å². The second-order valence-corrected chi connectivity index (χ2v) is 6.49. The molecule has 124 valence electrons. The molecule has 0 unspecified atom stereocenters. The lowest BCUT2D eigenvalue weighted by molar-refractivity contribution is 0.249. The number of aromatic nitrogens is 2. The second-order valence-electron chi connectivity index (χ2n) is 5.58. The summed E-state index contributed by atoms with van der Waals surface area (Å²) in [7, 11) is 3.63. The smallest absolute Gasteiger partial charge is 0.319 e. The molecule has 0 aliphatic carbocycles. The van der Waals surface area contributed by atoms with Crippen molar-refractivity contribution in [1.29, 1.82) is 0 Å². The summed E-state index contributed by atoms with van der Waals surface area (Å²) in [6.07, 6.45) is 0. The maximum atomic E-state index is 12.1. The fraction of sp³-hybridized carbons (Fsp3) is 0.400. The minimum Gasteiger partial charge on any atom is -0.344 e. The minimum atomic E-state index is -0.321. The van der Waals surface area contributed by atoms with Gasteiger partial charge in [-0.05, 0) is 34.8 Å². The average Bonchev–Trinajstić information content (AvgIpc) is 2.96. The lowest BCUT2D eigenvalue weighted by atomic mass is 10.0. The van der Waals surface area contributed by atoms with E-state index in [9.17, 15) is 4.79 Å². The number of hydrogen-bond acceptors (Lipinski definition) is 5. The van der Waals surface area contributed by atoms with Crippen molar-refractivity contribution in [3.05, 3.63) is 34.1 Å². The Morgan fingerprint density at radius 1 is 1.39 bits per heavy atom. The zero-order chi connectivity index (χ0) is 17.0. The van der Waals surface area contributed by atoms with E-state index in [4.69, 9.17) is 4.52 Å². The van der Waals surface area contributed by atoms with Crippen LogP contribution in [0.3, 0.4) is 0 Å². The van der Waals surface area contributed by atoms with Crippen molar-refractivity contribution in [2.24, 2.45) is 0 Å². The Labute approximate surface area is 143 Å². The van der Waals surface area contributed by atoms with Gasteiger partial charge in [-0.1, -0.05) is 29.8 Å². The van der Waals surface area contributed by atoms with Crippen molar-refractivity contribution in [2.75, 3.05) is 24.3 Å². The Hall–Kier alpha value is -2.09. The summed E-state index contributed by atoms with van der Waals surface area (Å²) in [5.41, 5.74) is 1.84. The minimum absolute atomic E-state index is 0.167. The Bertz CT molecular complexity index is 684. The third kappa shape index (κ3) is 4.69. The standard InChI is InChI=1S/C15H20BrN5O2/c1-9(2)11-7-10(16)5-6-12(11)18-15(22)17-8-13-19-14(20-23-13)21(3)4/h5-7,9H,8H2,1-4H3,(H2,17,18,22). The van der Waals surface area contributed by atoms with Crippen LogP contribution in [-0.4, -0.2) is 30.3 Å². The molecule has 8 heteroatoms. The summed E-state index contributed by atoms with van der Waals surface area (Å²) < 4.78 is 6.03. The molecule has 1 aromatic heterocycles. The molecule has 0 bridgehead atoms. The van der Waals surface area contributed by atoms with Gasteiger partial charge in [-0.2, -0.15) is 4.98 Å². The van der Waals surface area contributed by atoms with Gasteiger partial charge in [0.2, 0.25) is 5.89 Å². The predicted octanol–water partition coefficient (Wildman–Crippen LogP) is 3.34. The van der Waals surface area contributed by atoms with E-state index in [0.717, 1.165) is 15.7 Å². The highest BCUT2D eigenvalue weighted by Gasteiger charge is 2.12. The van der Waals surface area contributed by atoms with Crippen LogP contribution in [0.15, 0.2) is 27.2 Å². The van der Waals surface area contributed by atoms with E-state index in [1.54, 1.807) is 4.90 Å². The van der Waals surface area contributed by atoms with E-state index in [0.29, 0.717) is 17.8 Å². The number of carbonyl (C=O) groups is 1. The molecule has 0 aliphatic rings. The van der Waals surface area contributed by atoms with Crippen LogP contribution in [0.25, 0.3) is 0 Å². The van der Waals surface area contributed by atoms with Gasteiger partial charge in [0.05, 0.1) is 6.54 Å². The molecule has 2 rings (SSSR count). The highest BCUT2D eigenvalue weighted by Crippen LogP contribution is 2.27. The molecule has 2 amide bonds. The van der Waals surface area contributed by atoms with Crippen LogP contribution in [0.5, 0.6) is 0 Å². The number of hydrogen-bond donors (Lipinski definition) is 2. The van der Waals surface area contributed by atoms with E-state index in [-0.39, 0.29) is 12.6 Å². The number of halogens is 1. The largest absolute Gasteiger partial charge is 0.344 e. The molecule has 2 aromatic rings. The van der Waals surface area contributed by atoms with Crippen LogP contribution in [0.1, 0.15) is 31.2 Å².